The number of hydrogen-bond acceptors (Lipinski definition) is 4. The van der Waals surface area contributed by atoms with Crippen LogP contribution >= 0.6 is 31.7 Å². The van der Waals surface area contributed by atoms with Crippen molar-refractivity contribution in [3.8, 4) is 0 Å². The van der Waals surface area contributed by atoms with E-state index >= 15 is 0 Å². The Morgan fingerprint density at radius 2 is 0.392 bits per heavy atom. The van der Waals surface area contributed by atoms with E-state index in [-0.39, 0.29) is 61.0 Å². The number of aryl methyl sites for hydroxylation is 2. The summed E-state index contributed by atoms with van der Waals surface area (Å²) in [5, 5.41) is 11.8. The third-order valence-corrected chi connectivity index (χ3v) is 24.8. The fraction of sp³-hybridized carbons (Fsp3) is 0.0909. The molecule has 0 radical (unpaired) electrons. The second-order valence-corrected chi connectivity index (χ2v) is 30.1. The number of rotatable bonds is 16. The maximum absolute atomic E-state index is 10.5. The van der Waals surface area contributed by atoms with Crippen molar-refractivity contribution in [1.29, 1.82) is 0 Å². The van der Waals surface area contributed by atoms with Crippen LogP contribution in [0.15, 0.2) is 301 Å². The van der Waals surface area contributed by atoms with Crippen molar-refractivity contribution < 1.29 is 45.4 Å². The molecule has 0 bridgehead atoms. The van der Waals surface area contributed by atoms with Gasteiger partial charge in [-0.15, -0.1) is 0 Å². The van der Waals surface area contributed by atoms with Crippen LogP contribution in [0.4, 0.5) is 0 Å². The van der Waals surface area contributed by atoms with Gasteiger partial charge in [0.05, 0.1) is 9.79 Å². The van der Waals surface area contributed by atoms with Gasteiger partial charge in [0.2, 0.25) is 0 Å². The normalized spacial score (nSPS) is 11.0. The van der Waals surface area contributed by atoms with E-state index in [9.17, 15) is 16.8 Å². The van der Waals surface area contributed by atoms with Crippen molar-refractivity contribution >= 4 is 94.4 Å². The summed E-state index contributed by atoms with van der Waals surface area (Å²) in [5.74, 6) is 0. The Morgan fingerprint density at radius 3 is 0.519 bits per heavy atom. The van der Waals surface area contributed by atoms with Gasteiger partial charge in [0.1, 0.15) is 0 Å². The van der Waals surface area contributed by atoms with Gasteiger partial charge in [-0.2, -0.15) is 16.8 Å². The molecule has 2 N–H and O–H groups in total. The van der Waals surface area contributed by atoms with E-state index in [2.05, 4.69) is 243 Å². The Balaban J connectivity index is 0.000000185. The molecule has 0 atom stereocenters. The zero-order chi connectivity index (χ0) is 55.0. The van der Waals surface area contributed by atoms with Crippen molar-refractivity contribution in [2.75, 3.05) is 24.6 Å². The second kappa shape index (κ2) is 32.6. The molecule has 0 aliphatic heterocycles. The van der Waals surface area contributed by atoms with E-state index in [1.807, 2.05) is 13.8 Å². The Hall–Kier alpha value is -5.64. The molecule has 10 rings (SSSR count). The fourth-order valence-electron chi connectivity index (χ4n) is 8.31. The average Bonchev–Trinajstić information content (AvgIpc) is 3.48. The first-order chi connectivity index (χ1) is 37.8. The topological polar surface area (TPSA) is 109 Å². The molecular formula is C66H64O6P4RuS2. The summed E-state index contributed by atoms with van der Waals surface area (Å²) in [7, 11) is -9.43. The van der Waals surface area contributed by atoms with Gasteiger partial charge in [-0.05, 0) is 137 Å². The first-order valence-electron chi connectivity index (χ1n) is 25.4. The van der Waals surface area contributed by atoms with Crippen LogP contribution in [-0.2, 0) is 39.7 Å². The Kier molecular flexibility index (Phi) is 25.8. The van der Waals surface area contributed by atoms with Crippen LogP contribution in [0.1, 0.15) is 11.1 Å². The van der Waals surface area contributed by atoms with E-state index in [0.29, 0.717) is 0 Å². The van der Waals surface area contributed by atoms with Crippen molar-refractivity contribution in [2.45, 2.75) is 23.6 Å². The molecule has 6 nitrogen and oxygen atoms in total. The molecule has 404 valence electrons. The summed E-state index contributed by atoms with van der Waals surface area (Å²) in [6, 6.07) is 100. The SMILES string of the molecule is Cc1ccc(S(=O)(=O)O)cc1.Cc1ccc(S(=O)(=O)O)cc1.[Ru].c1ccc(P(CCP(c2ccccc2)c2ccccc2)c2ccccc2)cc1.c1ccc(P(CCP(c2ccccc2)c2ccccc2)c2ccccc2)cc1. The van der Waals surface area contributed by atoms with Crippen LogP contribution < -0.4 is 42.4 Å². The third kappa shape index (κ3) is 20.4. The van der Waals surface area contributed by atoms with E-state index < -0.39 is 20.2 Å². The summed E-state index contributed by atoms with van der Waals surface area (Å²) in [4.78, 5) is -0.133. The van der Waals surface area contributed by atoms with Crippen LogP contribution in [0.2, 0.25) is 0 Å². The van der Waals surface area contributed by atoms with Crippen molar-refractivity contribution in [2.24, 2.45) is 0 Å². The molecule has 0 amide bonds. The minimum Gasteiger partial charge on any atom is -0.282 e. The van der Waals surface area contributed by atoms with Gasteiger partial charge in [0.15, 0.2) is 0 Å². The number of benzene rings is 10. The molecule has 0 saturated carbocycles. The zero-order valence-corrected chi connectivity index (χ0v) is 51.0. The summed E-state index contributed by atoms with van der Waals surface area (Å²) in [5.41, 5.74) is 1.91. The molecule has 13 heteroatoms. The molecule has 10 aromatic rings. The number of hydrogen-bond donors (Lipinski definition) is 2. The maximum atomic E-state index is 10.5. The first kappa shape index (κ1) is 62.6. The van der Waals surface area contributed by atoms with Crippen molar-refractivity contribution in [3.63, 3.8) is 0 Å². The van der Waals surface area contributed by atoms with E-state index in [0.717, 1.165) is 11.1 Å². The molecule has 0 unspecified atom stereocenters. The van der Waals surface area contributed by atoms with Crippen LogP contribution in [0.5, 0.6) is 0 Å². The van der Waals surface area contributed by atoms with Crippen LogP contribution in [0, 0.1) is 13.8 Å². The van der Waals surface area contributed by atoms with Crippen LogP contribution in [-0.4, -0.2) is 50.6 Å². The summed E-state index contributed by atoms with van der Waals surface area (Å²) in [6.07, 6.45) is 4.83. The molecule has 0 aliphatic rings. The molecule has 79 heavy (non-hydrogen) atoms. The molecular weight excluding hydrogens is 1180 g/mol. The predicted octanol–water partition coefficient (Wildman–Crippen LogP) is 13.0. The van der Waals surface area contributed by atoms with Crippen molar-refractivity contribution in [3.05, 3.63) is 302 Å². The molecule has 10 aromatic carbocycles. The molecule has 0 fully saturated rings. The zero-order valence-electron chi connectivity index (χ0n) is 44.0. The van der Waals surface area contributed by atoms with Gasteiger partial charge in [0, 0.05) is 19.5 Å². The van der Waals surface area contributed by atoms with Gasteiger partial charge in [-0.3, -0.25) is 9.11 Å². The smallest absolute Gasteiger partial charge is 0.282 e. The Morgan fingerprint density at radius 1 is 0.253 bits per heavy atom. The molecule has 0 aromatic heterocycles. The van der Waals surface area contributed by atoms with Gasteiger partial charge in [-0.25, -0.2) is 0 Å². The van der Waals surface area contributed by atoms with Gasteiger partial charge < -0.3 is 0 Å². The second-order valence-electron chi connectivity index (χ2n) is 17.9. The molecule has 0 heterocycles. The van der Waals surface area contributed by atoms with E-state index in [1.54, 1.807) is 24.3 Å². The standard InChI is InChI=1S/2C26H24P2.2C7H8O3S.Ru/c2*1-5-13-23(14-6-1)27(24-15-7-2-8-16-24)21-22-28(25-17-9-3-10-18-25)26-19-11-4-12-20-26;2*1-6-2-4-7(5-3-6)11(8,9)10;/h2*1-20H,21-22H2;2*2-5H,1H3,(H,8,9,10);. The van der Waals surface area contributed by atoms with Gasteiger partial charge >= 0.3 is 0 Å². The summed E-state index contributed by atoms with van der Waals surface area (Å²) in [6.45, 7) is 3.68. The fourth-order valence-corrected chi connectivity index (χ4v) is 20.0. The molecule has 0 spiro atoms. The van der Waals surface area contributed by atoms with Gasteiger partial charge in [-0.1, -0.05) is 278 Å². The third-order valence-electron chi connectivity index (χ3n) is 12.3. The van der Waals surface area contributed by atoms with E-state index in [4.69, 9.17) is 9.11 Å². The maximum Gasteiger partial charge on any atom is 0.294 e. The average molecular weight is 1240 g/mol. The minimum atomic E-state index is -4.02. The molecule has 0 saturated heterocycles. The quantitative estimate of drug-likeness (QED) is 0.0567. The Labute approximate surface area is 486 Å². The Bertz CT molecular complexity index is 2950. The monoisotopic (exact) mass is 1240 g/mol. The summed E-state index contributed by atoms with van der Waals surface area (Å²) < 4.78 is 59.1. The predicted molar refractivity (Wildman–Crippen MR) is 338 cm³/mol. The van der Waals surface area contributed by atoms with Crippen LogP contribution in [0.3, 0.4) is 0 Å². The minimum absolute atomic E-state index is 0. The molecule has 0 aliphatic carbocycles. The first-order valence-corrected chi connectivity index (χ1v) is 34.4. The van der Waals surface area contributed by atoms with Crippen molar-refractivity contribution in [1.82, 2.24) is 0 Å². The summed E-state index contributed by atoms with van der Waals surface area (Å²) >= 11 is 0. The van der Waals surface area contributed by atoms with E-state index in [1.165, 1.54) is 91.3 Å². The largest absolute Gasteiger partial charge is 0.294 e. The van der Waals surface area contributed by atoms with Gasteiger partial charge in [0.25, 0.3) is 20.2 Å². The van der Waals surface area contributed by atoms with Crippen LogP contribution in [0.25, 0.3) is 0 Å².